The van der Waals surface area contributed by atoms with Gasteiger partial charge in [-0.1, -0.05) is 72.8 Å². The highest BCUT2D eigenvalue weighted by atomic mass is 16.6. The lowest BCUT2D eigenvalue weighted by molar-refractivity contribution is -0.384. The maximum absolute atomic E-state index is 13.6. The van der Waals surface area contributed by atoms with Crippen molar-refractivity contribution in [2.24, 2.45) is 0 Å². The molecule has 0 atom stereocenters. The first-order valence-electron chi connectivity index (χ1n) is 14.9. The summed E-state index contributed by atoms with van der Waals surface area (Å²) < 4.78 is 10.8. The topological polar surface area (TPSA) is 115 Å². The molecule has 2 heterocycles. The van der Waals surface area contributed by atoms with Crippen LogP contribution in [0.1, 0.15) is 49.3 Å². The second kappa shape index (κ2) is 14.2. The van der Waals surface area contributed by atoms with Crippen molar-refractivity contribution < 1.29 is 24.0 Å². The van der Waals surface area contributed by atoms with Gasteiger partial charge in [0.25, 0.3) is 5.69 Å². The molecule has 1 aliphatic rings. The Hall–Kier alpha value is -4.93. The Kier molecular flexibility index (Phi) is 9.96. The Morgan fingerprint density at radius 3 is 1.98 bits per heavy atom. The van der Waals surface area contributed by atoms with Gasteiger partial charge in [-0.3, -0.25) is 24.9 Å². The molecule has 0 bridgehead atoms. The molecule has 0 amide bonds. The van der Waals surface area contributed by atoms with Crippen LogP contribution in [0.3, 0.4) is 0 Å². The average molecular weight is 609 g/mol. The van der Waals surface area contributed by atoms with Crippen LogP contribution in [-0.4, -0.2) is 78.1 Å². The van der Waals surface area contributed by atoms with E-state index in [4.69, 9.17) is 9.47 Å². The first-order valence-corrected chi connectivity index (χ1v) is 14.9. The highest BCUT2D eigenvalue weighted by Crippen LogP contribution is 2.34. The fraction of sp³-hybridized carbons (Fsp3) is 0.286. The number of carbonyl (C=O) groups excluding carboxylic acids is 2. The van der Waals surface area contributed by atoms with Crippen molar-refractivity contribution in [2.45, 2.75) is 19.9 Å². The molecule has 5 rings (SSSR count). The van der Waals surface area contributed by atoms with Crippen molar-refractivity contribution in [3.8, 4) is 11.1 Å². The number of methoxy groups -OCH3 is 1. The summed E-state index contributed by atoms with van der Waals surface area (Å²) in [5.41, 5.74) is 3.72. The van der Waals surface area contributed by atoms with Crippen molar-refractivity contribution in [1.82, 2.24) is 14.8 Å². The fourth-order valence-corrected chi connectivity index (χ4v) is 5.98. The molecule has 0 unspecified atom stereocenters. The van der Waals surface area contributed by atoms with E-state index >= 15 is 0 Å². The Morgan fingerprint density at radius 1 is 0.844 bits per heavy atom. The lowest BCUT2D eigenvalue weighted by Gasteiger charge is -2.39. The fourth-order valence-electron chi connectivity index (χ4n) is 5.98. The summed E-state index contributed by atoms with van der Waals surface area (Å²) in [6, 6.07) is 27.0. The number of nitrogens with zero attached hydrogens (tertiary/aromatic N) is 4. The molecule has 0 spiro atoms. The molecule has 4 aromatic rings. The van der Waals surface area contributed by atoms with Crippen LogP contribution in [0, 0.1) is 24.0 Å². The summed E-state index contributed by atoms with van der Waals surface area (Å²) in [6.07, 6.45) is 0. The van der Waals surface area contributed by atoms with E-state index in [2.05, 4.69) is 63.3 Å². The minimum absolute atomic E-state index is 0.0676. The zero-order chi connectivity index (χ0) is 31.9. The highest BCUT2D eigenvalue weighted by molar-refractivity contribution is 6.07. The molecule has 1 aromatic heterocycles. The molecule has 10 nitrogen and oxygen atoms in total. The number of carbonyl (C=O) groups is 2. The molecule has 232 valence electrons. The van der Waals surface area contributed by atoms with Crippen LogP contribution in [0.5, 0.6) is 0 Å². The molecule has 1 fully saturated rings. The van der Waals surface area contributed by atoms with Gasteiger partial charge < -0.3 is 9.47 Å². The lowest BCUT2D eigenvalue weighted by atomic mass is 9.92. The van der Waals surface area contributed by atoms with Crippen molar-refractivity contribution >= 4 is 17.6 Å². The standard InChI is InChI=1S/C35H36N4O6/c1-24-30(34(40)44-3)32(28-15-10-16-29(23-28)39(42)43)31(25(2)36-24)35(41)45-22-21-37-17-19-38(20-18-37)33(26-11-6-4-7-12-26)27-13-8-5-9-14-27/h4-16,23,33H,17-22H2,1-3H3. The van der Waals surface area contributed by atoms with Gasteiger partial charge in [0.1, 0.15) is 6.61 Å². The van der Waals surface area contributed by atoms with Gasteiger partial charge >= 0.3 is 11.9 Å². The molecular weight excluding hydrogens is 572 g/mol. The Balaban J connectivity index is 1.30. The molecule has 1 aliphatic heterocycles. The number of non-ortho nitro benzene ring substituents is 1. The number of esters is 2. The Labute approximate surface area is 262 Å². The van der Waals surface area contributed by atoms with E-state index in [-0.39, 0.29) is 35.0 Å². The smallest absolute Gasteiger partial charge is 0.340 e. The van der Waals surface area contributed by atoms with Crippen LogP contribution in [-0.2, 0) is 9.47 Å². The second-order valence-electron chi connectivity index (χ2n) is 10.9. The predicted molar refractivity (Wildman–Crippen MR) is 170 cm³/mol. The van der Waals surface area contributed by atoms with Crippen LogP contribution in [0.2, 0.25) is 0 Å². The molecule has 0 aliphatic carbocycles. The van der Waals surface area contributed by atoms with E-state index in [1.165, 1.54) is 36.4 Å². The largest absolute Gasteiger partial charge is 0.465 e. The summed E-state index contributed by atoms with van der Waals surface area (Å²) >= 11 is 0. The van der Waals surface area contributed by atoms with Gasteiger partial charge in [0, 0.05) is 50.4 Å². The quantitative estimate of drug-likeness (QED) is 0.128. The second-order valence-corrected chi connectivity index (χ2v) is 10.9. The third-order valence-corrected chi connectivity index (χ3v) is 8.14. The minimum atomic E-state index is -0.697. The van der Waals surface area contributed by atoms with Crippen LogP contribution in [0.25, 0.3) is 11.1 Å². The summed E-state index contributed by atoms with van der Waals surface area (Å²) in [5.74, 6) is -1.35. The monoisotopic (exact) mass is 608 g/mol. The first kappa shape index (κ1) is 31.5. The van der Waals surface area contributed by atoms with Gasteiger partial charge in [0.15, 0.2) is 0 Å². The third kappa shape index (κ3) is 7.08. The van der Waals surface area contributed by atoms with E-state index in [1.807, 2.05) is 12.1 Å². The number of piperazine rings is 1. The van der Waals surface area contributed by atoms with Crippen molar-refractivity contribution in [3.63, 3.8) is 0 Å². The molecule has 0 radical (unpaired) electrons. The Bertz CT molecular complexity index is 1630. The number of nitro groups is 1. The maximum atomic E-state index is 13.6. The van der Waals surface area contributed by atoms with Gasteiger partial charge in [-0.2, -0.15) is 0 Å². The van der Waals surface area contributed by atoms with E-state index in [1.54, 1.807) is 19.9 Å². The summed E-state index contributed by atoms with van der Waals surface area (Å²) in [6.45, 7) is 7.28. The number of aryl methyl sites for hydroxylation is 2. The van der Waals surface area contributed by atoms with Crippen molar-refractivity contribution in [2.75, 3.05) is 46.4 Å². The number of aromatic nitrogens is 1. The minimum Gasteiger partial charge on any atom is -0.465 e. The third-order valence-electron chi connectivity index (χ3n) is 8.14. The normalized spacial score (nSPS) is 13.9. The van der Waals surface area contributed by atoms with E-state index in [0.717, 1.165) is 26.2 Å². The zero-order valence-corrected chi connectivity index (χ0v) is 25.6. The molecule has 10 heteroatoms. The predicted octanol–water partition coefficient (Wildman–Crippen LogP) is 5.62. The number of nitro benzene ring substituents is 1. The molecular formula is C35H36N4O6. The molecule has 0 N–H and O–H groups in total. The van der Waals surface area contributed by atoms with Crippen LogP contribution < -0.4 is 0 Å². The number of pyridine rings is 1. The number of ether oxygens (including phenoxy) is 2. The van der Waals surface area contributed by atoms with Gasteiger partial charge in [-0.05, 0) is 30.5 Å². The number of hydrogen-bond acceptors (Lipinski definition) is 9. The SMILES string of the molecule is COC(=O)c1c(C)nc(C)c(C(=O)OCCN2CCN(C(c3ccccc3)c3ccccc3)CC2)c1-c1cccc([N+](=O)[O-])c1. The maximum Gasteiger partial charge on any atom is 0.340 e. The molecule has 45 heavy (non-hydrogen) atoms. The Morgan fingerprint density at radius 2 is 1.42 bits per heavy atom. The summed E-state index contributed by atoms with van der Waals surface area (Å²) in [4.78, 5) is 46.6. The molecule has 1 saturated heterocycles. The number of benzene rings is 3. The van der Waals surface area contributed by atoms with E-state index in [0.29, 0.717) is 23.5 Å². The molecule has 3 aromatic carbocycles. The van der Waals surface area contributed by atoms with E-state index in [9.17, 15) is 19.7 Å². The zero-order valence-electron chi connectivity index (χ0n) is 25.6. The average Bonchev–Trinajstić information content (AvgIpc) is 3.06. The molecule has 0 saturated carbocycles. The number of hydrogen-bond donors (Lipinski definition) is 0. The van der Waals surface area contributed by atoms with Crippen LogP contribution in [0.15, 0.2) is 84.9 Å². The van der Waals surface area contributed by atoms with Crippen LogP contribution >= 0.6 is 0 Å². The number of rotatable bonds is 10. The summed E-state index contributed by atoms with van der Waals surface area (Å²) in [5, 5.41) is 11.5. The van der Waals surface area contributed by atoms with Gasteiger partial charge in [-0.15, -0.1) is 0 Å². The summed E-state index contributed by atoms with van der Waals surface area (Å²) in [7, 11) is 1.23. The lowest BCUT2D eigenvalue weighted by Crippen LogP contribution is -2.48. The van der Waals surface area contributed by atoms with Crippen LogP contribution in [0.4, 0.5) is 5.69 Å². The van der Waals surface area contributed by atoms with E-state index < -0.39 is 16.9 Å². The van der Waals surface area contributed by atoms with Gasteiger partial charge in [0.2, 0.25) is 0 Å². The first-order chi connectivity index (χ1) is 21.8. The van der Waals surface area contributed by atoms with Gasteiger partial charge in [0.05, 0.1) is 40.6 Å². The highest BCUT2D eigenvalue weighted by Gasteiger charge is 2.29. The van der Waals surface area contributed by atoms with Gasteiger partial charge in [-0.25, -0.2) is 9.59 Å². The van der Waals surface area contributed by atoms with Crippen molar-refractivity contribution in [1.29, 1.82) is 0 Å². The van der Waals surface area contributed by atoms with Crippen molar-refractivity contribution in [3.05, 3.63) is 129 Å².